The van der Waals surface area contributed by atoms with Crippen LogP contribution in [0.1, 0.15) is 11.1 Å². The molecule has 0 saturated heterocycles. The van der Waals surface area contributed by atoms with Gasteiger partial charge in [-0.05, 0) is 36.6 Å². The highest BCUT2D eigenvalue weighted by atomic mass is 16.7. The molecular weight excluding hydrogens is 194 g/mol. The average molecular weight is 209 g/mol. The van der Waals surface area contributed by atoms with E-state index >= 15 is 0 Å². The summed E-state index contributed by atoms with van der Waals surface area (Å²) < 4.78 is 10.5. The zero-order valence-corrected chi connectivity index (χ0v) is 8.69. The van der Waals surface area contributed by atoms with Crippen LogP contribution >= 0.6 is 0 Å². The molecule has 1 heterocycles. The van der Waals surface area contributed by atoms with Crippen LogP contribution in [0.3, 0.4) is 0 Å². The number of ether oxygens (including phenoxy) is 2. The first-order chi connectivity index (χ1) is 7.20. The van der Waals surface area contributed by atoms with Crippen LogP contribution in [0.15, 0.2) is 12.1 Å². The molecule has 0 radical (unpaired) electrons. The number of hydrogen-bond acceptors (Lipinski definition) is 4. The van der Waals surface area contributed by atoms with Crippen molar-refractivity contribution in [2.45, 2.75) is 19.4 Å². The first-order valence-electron chi connectivity index (χ1n) is 4.98. The van der Waals surface area contributed by atoms with Gasteiger partial charge in [0.25, 0.3) is 0 Å². The average Bonchev–Trinajstić information content (AvgIpc) is 2.65. The van der Waals surface area contributed by atoms with Crippen LogP contribution in [0.2, 0.25) is 0 Å². The van der Waals surface area contributed by atoms with Gasteiger partial charge in [-0.3, -0.25) is 0 Å². The second kappa shape index (κ2) is 4.08. The molecule has 0 amide bonds. The summed E-state index contributed by atoms with van der Waals surface area (Å²) in [6.45, 7) is 2.53. The lowest BCUT2D eigenvalue weighted by Gasteiger charge is -2.11. The van der Waals surface area contributed by atoms with Crippen molar-refractivity contribution >= 4 is 0 Å². The molecule has 0 aromatic heterocycles. The van der Waals surface area contributed by atoms with E-state index < -0.39 is 6.10 Å². The molecule has 0 fully saturated rings. The molecule has 15 heavy (non-hydrogen) atoms. The Bertz CT molecular complexity index is 365. The smallest absolute Gasteiger partial charge is 0.231 e. The summed E-state index contributed by atoms with van der Waals surface area (Å²) in [6.07, 6.45) is 0.0583. The van der Waals surface area contributed by atoms with Crippen LogP contribution in [0.25, 0.3) is 0 Å². The quantitative estimate of drug-likeness (QED) is 0.764. The molecule has 0 saturated carbocycles. The number of aryl methyl sites for hydroxylation is 1. The van der Waals surface area contributed by atoms with Crippen LogP contribution in [0.4, 0.5) is 0 Å². The third-order valence-electron chi connectivity index (χ3n) is 2.56. The molecule has 1 aliphatic heterocycles. The number of nitrogens with two attached hydrogens (primary N) is 1. The van der Waals surface area contributed by atoms with E-state index in [9.17, 15) is 5.11 Å². The third kappa shape index (κ3) is 2.06. The lowest BCUT2D eigenvalue weighted by Crippen LogP contribution is -2.22. The Morgan fingerprint density at radius 2 is 2.07 bits per heavy atom. The molecule has 0 aliphatic carbocycles. The van der Waals surface area contributed by atoms with E-state index in [1.54, 1.807) is 0 Å². The van der Waals surface area contributed by atoms with Gasteiger partial charge in [0.2, 0.25) is 6.79 Å². The maximum atomic E-state index is 9.49. The van der Waals surface area contributed by atoms with Crippen LogP contribution in [-0.4, -0.2) is 24.5 Å². The SMILES string of the molecule is Cc1cc2c(cc1CC(O)CN)OCO2. The lowest BCUT2D eigenvalue weighted by atomic mass is 10.0. The highest BCUT2D eigenvalue weighted by Crippen LogP contribution is 2.34. The lowest BCUT2D eigenvalue weighted by molar-refractivity contribution is 0.173. The highest BCUT2D eigenvalue weighted by Gasteiger charge is 2.16. The zero-order valence-electron chi connectivity index (χ0n) is 8.69. The highest BCUT2D eigenvalue weighted by molar-refractivity contribution is 5.48. The Balaban J connectivity index is 2.24. The largest absolute Gasteiger partial charge is 0.454 e. The number of benzene rings is 1. The Hall–Kier alpha value is -1.26. The Morgan fingerprint density at radius 3 is 2.73 bits per heavy atom. The van der Waals surface area contributed by atoms with E-state index in [4.69, 9.17) is 15.2 Å². The third-order valence-corrected chi connectivity index (χ3v) is 2.56. The first kappa shape index (κ1) is 10.3. The van der Waals surface area contributed by atoms with E-state index in [1.807, 2.05) is 19.1 Å². The standard InChI is InChI=1S/C11H15NO3/c1-7-2-10-11(15-6-14-10)4-8(7)3-9(13)5-12/h2,4,9,13H,3,5-6,12H2,1H3. The molecule has 3 N–H and O–H groups in total. The van der Waals surface area contributed by atoms with Crippen LogP contribution in [-0.2, 0) is 6.42 Å². The number of rotatable bonds is 3. The minimum atomic E-state index is -0.496. The van der Waals surface area contributed by atoms with E-state index in [2.05, 4.69) is 0 Å². The van der Waals surface area contributed by atoms with Crippen molar-refractivity contribution < 1.29 is 14.6 Å². The second-order valence-electron chi connectivity index (χ2n) is 3.73. The Morgan fingerprint density at radius 1 is 1.40 bits per heavy atom. The fourth-order valence-electron chi connectivity index (χ4n) is 1.64. The van der Waals surface area contributed by atoms with E-state index in [0.29, 0.717) is 6.42 Å². The Kier molecular flexibility index (Phi) is 2.79. The maximum absolute atomic E-state index is 9.49. The predicted molar refractivity (Wildman–Crippen MR) is 56.1 cm³/mol. The summed E-state index contributed by atoms with van der Waals surface area (Å²) in [5.41, 5.74) is 7.52. The molecule has 2 rings (SSSR count). The van der Waals surface area contributed by atoms with Crippen molar-refractivity contribution in [1.82, 2.24) is 0 Å². The van der Waals surface area contributed by atoms with Crippen LogP contribution in [0, 0.1) is 6.92 Å². The minimum Gasteiger partial charge on any atom is -0.454 e. The zero-order chi connectivity index (χ0) is 10.8. The van der Waals surface area contributed by atoms with Crippen molar-refractivity contribution in [3.63, 3.8) is 0 Å². The van der Waals surface area contributed by atoms with Gasteiger partial charge < -0.3 is 20.3 Å². The van der Waals surface area contributed by atoms with Gasteiger partial charge in [-0.25, -0.2) is 0 Å². The van der Waals surface area contributed by atoms with Crippen LogP contribution in [0.5, 0.6) is 11.5 Å². The van der Waals surface area contributed by atoms with E-state index in [0.717, 1.165) is 22.6 Å². The molecule has 1 aromatic rings. The number of hydrogen-bond donors (Lipinski definition) is 2. The van der Waals surface area contributed by atoms with E-state index in [-0.39, 0.29) is 13.3 Å². The topological polar surface area (TPSA) is 64.7 Å². The van der Waals surface area contributed by atoms with Crippen molar-refractivity contribution in [3.05, 3.63) is 23.3 Å². The summed E-state index contributed by atoms with van der Waals surface area (Å²) in [5, 5.41) is 9.49. The van der Waals surface area contributed by atoms with Crippen molar-refractivity contribution in [2.75, 3.05) is 13.3 Å². The molecule has 0 bridgehead atoms. The molecule has 1 atom stereocenters. The first-order valence-corrected chi connectivity index (χ1v) is 4.98. The summed E-state index contributed by atoms with van der Waals surface area (Å²) >= 11 is 0. The van der Waals surface area contributed by atoms with Gasteiger partial charge in [0.05, 0.1) is 6.10 Å². The number of aliphatic hydroxyl groups excluding tert-OH is 1. The predicted octanol–water partition coefficient (Wildman–Crippen LogP) is 0.586. The fraction of sp³-hybridized carbons (Fsp3) is 0.455. The van der Waals surface area contributed by atoms with Gasteiger partial charge in [0, 0.05) is 6.54 Å². The number of fused-ring (bicyclic) bond motifs is 1. The summed E-state index contributed by atoms with van der Waals surface area (Å²) in [4.78, 5) is 0. The molecule has 4 nitrogen and oxygen atoms in total. The summed E-state index contributed by atoms with van der Waals surface area (Å²) in [7, 11) is 0. The van der Waals surface area contributed by atoms with Gasteiger partial charge in [-0.2, -0.15) is 0 Å². The molecule has 1 aliphatic rings. The van der Waals surface area contributed by atoms with Gasteiger partial charge in [0.15, 0.2) is 11.5 Å². The fourth-order valence-corrected chi connectivity index (χ4v) is 1.64. The van der Waals surface area contributed by atoms with Gasteiger partial charge in [-0.15, -0.1) is 0 Å². The monoisotopic (exact) mass is 209 g/mol. The normalized spacial score (nSPS) is 15.4. The molecule has 1 unspecified atom stereocenters. The van der Waals surface area contributed by atoms with Crippen molar-refractivity contribution in [2.24, 2.45) is 5.73 Å². The molecule has 0 spiro atoms. The van der Waals surface area contributed by atoms with E-state index in [1.165, 1.54) is 0 Å². The number of aliphatic hydroxyl groups is 1. The van der Waals surface area contributed by atoms with Crippen molar-refractivity contribution in [3.8, 4) is 11.5 Å². The minimum absolute atomic E-state index is 0.272. The van der Waals surface area contributed by atoms with Crippen molar-refractivity contribution in [1.29, 1.82) is 0 Å². The Labute approximate surface area is 88.6 Å². The molecule has 4 heteroatoms. The summed E-state index contributed by atoms with van der Waals surface area (Å²) in [6, 6.07) is 3.84. The second-order valence-corrected chi connectivity index (χ2v) is 3.73. The molecule has 82 valence electrons. The molecular formula is C11H15NO3. The van der Waals surface area contributed by atoms with Gasteiger partial charge >= 0.3 is 0 Å². The summed E-state index contributed by atoms with van der Waals surface area (Å²) in [5.74, 6) is 1.53. The van der Waals surface area contributed by atoms with Gasteiger partial charge in [0.1, 0.15) is 0 Å². The maximum Gasteiger partial charge on any atom is 0.231 e. The molecule has 1 aromatic carbocycles. The van der Waals surface area contributed by atoms with Crippen LogP contribution < -0.4 is 15.2 Å². The van der Waals surface area contributed by atoms with Gasteiger partial charge in [-0.1, -0.05) is 0 Å².